The lowest BCUT2D eigenvalue weighted by Gasteiger charge is -2.15. The van der Waals surface area contributed by atoms with Crippen molar-refractivity contribution in [3.8, 4) is 0 Å². The van der Waals surface area contributed by atoms with Gasteiger partial charge in [-0.05, 0) is 41.8 Å². The van der Waals surface area contributed by atoms with E-state index in [0.717, 1.165) is 22.9 Å². The number of benzene rings is 3. The van der Waals surface area contributed by atoms with Crippen LogP contribution in [0.25, 0.3) is 10.8 Å². The highest BCUT2D eigenvalue weighted by Gasteiger charge is 2.08. The minimum absolute atomic E-state index is 0.0675. The van der Waals surface area contributed by atoms with Crippen LogP contribution in [-0.4, -0.2) is 12.1 Å². The summed E-state index contributed by atoms with van der Waals surface area (Å²) in [7, 11) is 0. The van der Waals surface area contributed by atoms with Gasteiger partial charge < -0.3 is 10.6 Å². The maximum atomic E-state index is 12.1. The lowest BCUT2D eigenvalue weighted by atomic mass is 10.1. The Hall–Kier alpha value is -2.81. The van der Waals surface area contributed by atoms with Gasteiger partial charge in [0.25, 0.3) is 0 Å². The Morgan fingerprint density at radius 1 is 0.913 bits per heavy atom. The molecule has 3 rings (SSSR count). The monoisotopic (exact) mass is 304 g/mol. The molecular formula is C20H20N2O. The summed E-state index contributed by atoms with van der Waals surface area (Å²) in [6.07, 6.45) is 0.811. The van der Waals surface area contributed by atoms with Crippen molar-refractivity contribution in [1.82, 2.24) is 5.32 Å². The average Bonchev–Trinajstić information content (AvgIpc) is 2.55. The van der Waals surface area contributed by atoms with Gasteiger partial charge in [0.2, 0.25) is 0 Å². The molecule has 3 nitrogen and oxygen atoms in total. The molecule has 0 aliphatic rings. The van der Waals surface area contributed by atoms with E-state index in [0.29, 0.717) is 0 Å². The summed E-state index contributed by atoms with van der Waals surface area (Å²) in [6.45, 7) is 2.01. The molecule has 3 heteroatoms. The molecule has 1 atom stereocenters. The number of carbonyl (C=O) groups excluding carboxylic acids is 1. The highest BCUT2D eigenvalue weighted by molar-refractivity contribution is 5.93. The van der Waals surface area contributed by atoms with Gasteiger partial charge in [0.1, 0.15) is 0 Å². The molecule has 116 valence electrons. The number of hydrogen-bond donors (Lipinski definition) is 2. The highest BCUT2D eigenvalue weighted by atomic mass is 16.2. The molecule has 2 amide bonds. The second kappa shape index (κ2) is 6.97. The zero-order chi connectivity index (χ0) is 16.1. The molecule has 0 unspecified atom stereocenters. The summed E-state index contributed by atoms with van der Waals surface area (Å²) >= 11 is 0. The molecule has 0 heterocycles. The minimum atomic E-state index is -0.177. The van der Waals surface area contributed by atoms with Gasteiger partial charge in [0, 0.05) is 11.7 Å². The van der Waals surface area contributed by atoms with Gasteiger partial charge in [-0.15, -0.1) is 0 Å². The Labute approximate surface area is 136 Å². The Balaban J connectivity index is 1.59. The summed E-state index contributed by atoms with van der Waals surface area (Å²) in [4.78, 5) is 12.1. The molecule has 0 aliphatic heterocycles. The van der Waals surface area contributed by atoms with Gasteiger partial charge in [-0.1, -0.05) is 60.7 Å². The van der Waals surface area contributed by atoms with E-state index in [-0.39, 0.29) is 12.1 Å². The van der Waals surface area contributed by atoms with Gasteiger partial charge >= 0.3 is 6.03 Å². The van der Waals surface area contributed by atoms with Crippen LogP contribution in [-0.2, 0) is 6.42 Å². The topological polar surface area (TPSA) is 41.1 Å². The van der Waals surface area contributed by atoms with Crippen LogP contribution < -0.4 is 10.6 Å². The van der Waals surface area contributed by atoms with Crippen LogP contribution in [0.3, 0.4) is 0 Å². The average molecular weight is 304 g/mol. The molecule has 0 fully saturated rings. The summed E-state index contributed by atoms with van der Waals surface area (Å²) in [6, 6.07) is 24.1. The number of carbonyl (C=O) groups is 1. The van der Waals surface area contributed by atoms with E-state index in [1.165, 1.54) is 5.56 Å². The fourth-order valence-corrected chi connectivity index (χ4v) is 2.68. The van der Waals surface area contributed by atoms with Crippen LogP contribution in [0.15, 0.2) is 72.8 Å². The van der Waals surface area contributed by atoms with Crippen LogP contribution >= 0.6 is 0 Å². The Morgan fingerprint density at radius 2 is 1.61 bits per heavy atom. The molecule has 0 spiro atoms. The number of urea groups is 1. The number of fused-ring (bicyclic) bond motifs is 1. The lowest BCUT2D eigenvalue weighted by Crippen LogP contribution is -2.37. The Morgan fingerprint density at radius 3 is 2.39 bits per heavy atom. The number of anilines is 1. The van der Waals surface area contributed by atoms with E-state index in [9.17, 15) is 4.79 Å². The van der Waals surface area contributed by atoms with E-state index in [1.807, 2.05) is 61.5 Å². The first kappa shape index (κ1) is 15.1. The van der Waals surface area contributed by atoms with Crippen molar-refractivity contribution in [2.45, 2.75) is 19.4 Å². The van der Waals surface area contributed by atoms with Gasteiger partial charge in [-0.2, -0.15) is 0 Å². The predicted molar refractivity (Wildman–Crippen MR) is 95.7 cm³/mol. The van der Waals surface area contributed by atoms with Gasteiger partial charge in [0.05, 0.1) is 0 Å². The SMILES string of the molecule is C[C@H](Cc1ccccc1)NC(=O)Nc1ccc2ccccc2c1. The molecule has 2 N–H and O–H groups in total. The quantitative estimate of drug-likeness (QED) is 0.727. The third kappa shape index (κ3) is 4.10. The summed E-state index contributed by atoms with van der Waals surface area (Å²) < 4.78 is 0. The lowest BCUT2D eigenvalue weighted by molar-refractivity contribution is 0.249. The van der Waals surface area contributed by atoms with E-state index in [2.05, 4.69) is 28.8 Å². The second-order valence-electron chi connectivity index (χ2n) is 5.75. The largest absolute Gasteiger partial charge is 0.335 e. The van der Waals surface area contributed by atoms with E-state index < -0.39 is 0 Å². The van der Waals surface area contributed by atoms with Gasteiger partial charge in [-0.25, -0.2) is 4.79 Å². The number of rotatable bonds is 4. The molecule has 0 saturated heterocycles. The molecule has 0 aliphatic carbocycles. The van der Waals surface area contributed by atoms with E-state index in [4.69, 9.17) is 0 Å². The van der Waals surface area contributed by atoms with Crippen LogP contribution in [0.5, 0.6) is 0 Å². The van der Waals surface area contributed by atoms with Crippen molar-refractivity contribution >= 4 is 22.5 Å². The predicted octanol–water partition coefficient (Wildman–Crippen LogP) is 4.59. The van der Waals surface area contributed by atoms with Crippen LogP contribution in [0.4, 0.5) is 10.5 Å². The molecular weight excluding hydrogens is 284 g/mol. The number of hydrogen-bond acceptors (Lipinski definition) is 1. The molecule has 0 saturated carbocycles. The molecule has 0 bridgehead atoms. The van der Waals surface area contributed by atoms with Gasteiger partial charge in [0.15, 0.2) is 0 Å². The molecule has 0 radical (unpaired) electrons. The first-order valence-electron chi connectivity index (χ1n) is 7.81. The fraction of sp³-hybridized carbons (Fsp3) is 0.150. The first-order valence-corrected chi connectivity index (χ1v) is 7.81. The normalized spacial score (nSPS) is 11.9. The zero-order valence-corrected chi connectivity index (χ0v) is 13.1. The van der Waals surface area contributed by atoms with E-state index in [1.54, 1.807) is 0 Å². The second-order valence-corrected chi connectivity index (χ2v) is 5.75. The van der Waals surface area contributed by atoms with Crippen LogP contribution in [0.2, 0.25) is 0 Å². The van der Waals surface area contributed by atoms with Crippen LogP contribution in [0.1, 0.15) is 12.5 Å². The highest BCUT2D eigenvalue weighted by Crippen LogP contribution is 2.18. The first-order chi connectivity index (χ1) is 11.2. The zero-order valence-electron chi connectivity index (χ0n) is 13.1. The van der Waals surface area contributed by atoms with Crippen molar-refractivity contribution in [3.63, 3.8) is 0 Å². The van der Waals surface area contributed by atoms with Crippen molar-refractivity contribution in [2.24, 2.45) is 0 Å². The van der Waals surface area contributed by atoms with Crippen molar-refractivity contribution in [2.75, 3.05) is 5.32 Å². The molecule has 23 heavy (non-hydrogen) atoms. The van der Waals surface area contributed by atoms with Crippen molar-refractivity contribution < 1.29 is 4.79 Å². The Bertz CT molecular complexity index is 799. The van der Waals surface area contributed by atoms with Crippen molar-refractivity contribution in [3.05, 3.63) is 78.4 Å². The number of nitrogens with one attached hydrogen (secondary N) is 2. The van der Waals surface area contributed by atoms with Crippen molar-refractivity contribution in [1.29, 1.82) is 0 Å². The smallest absolute Gasteiger partial charge is 0.319 e. The number of amides is 2. The molecule has 3 aromatic rings. The standard InChI is InChI=1S/C20H20N2O/c1-15(13-16-7-3-2-4-8-16)21-20(23)22-19-12-11-17-9-5-6-10-18(17)14-19/h2-12,14-15H,13H2,1H3,(H2,21,22,23)/t15-/m1/s1. The summed E-state index contributed by atoms with van der Waals surface area (Å²) in [5.41, 5.74) is 2.01. The maximum Gasteiger partial charge on any atom is 0.319 e. The molecule has 0 aromatic heterocycles. The summed E-state index contributed by atoms with van der Waals surface area (Å²) in [5.74, 6) is 0. The third-order valence-electron chi connectivity index (χ3n) is 3.77. The van der Waals surface area contributed by atoms with Gasteiger partial charge in [-0.3, -0.25) is 0 Å². The molecule has 3 aromatic carbocycles. The third-order valence-corrected chi connectivity index (χ3v) is 3.77. The fourth-order valence-electron chi connectivity index (χ4n) is 2.68. The summed E-state index contributed by atoms with van der Waals surface area (Å²) in [5, 5.41) is 8.15. The Kier molecular flexibility index (Phi) is 4.57. The maximum absolute atomic E-state index is 12.1. The minimum Gasteiger partial charge on any atom is -0.335 e. The van der Waals surface area contributed by atoms with Crippen LogP contribution in [0, 0.1) is 0 Å². The van der Waals surface area contributed by atoms with E-state index >= 15 is 0 Å².